The van der Waals surface area contributed by atoms with Crippen LogP contribution in [0.4, 0.5) is 5.69 Å². The van der Waals surface area contributed by atoms with Crippen molar-refractivity contribution in [2.24, 2.45) is 17.8 Å². The molecule has 2 aromatic carbocycles. The fraction of sp³-hybridized carbons (Fsp3) is 0.533. The summed E-state index contributed by atoms with van der Waals surface area (Å²) in [5.41, 5.74) is 2.81. The predicted octanol–water partition coefficient (Wildman–Crippen LogP) is 4.85. The van der Waals surface area contributed by atoms with E-state index in [1.165, 1.54) is 56.0 Å². The van der Waals surface area contributed by atoms with Gasteiger partial charge in [0.2, 0.25) is 21.8 Å². The summed E-state index contributed by atoms with van der Waals surface area (Å²) in [4.78, 5) is 27.6. The molecule has 0 aliphatic heterocycles. The van der Waals surface area contributed by atoms with Crippen molar-refractivity contribution in [2.75, 3.05) is 24.2 Å². The highest BCUT2D eigenvalue weighted by molar-refractivity contribution is 9.10. The summed E-state index contributed by atoms with van der Waals surface area (Å²) in [6.45, 7) is 1.44. The van der Waals surface area contributed by atoms with Crippen LogP contribution >= 0.6 is 15.9 Å². The van der Waals surface area contributed by atoms with Gasteiger partial charge < -0.3 is 10.2 Å². The Labute approximate surface area is 240 Å². The van der Waals surface area contributed by atoms with E-state index in [1.807, 2.05) is 36.4 Å². The van der Waals surface area contributed by atoms with E-state index in [9.17, 15) is 18.0 Å². The maximum absolute atomic E-state index is 13.6. The quantitative estimate of drug-likeness (QED) is 0.437. The van der Waals surface area contributed by atoms with Crippen molar-refractivity contribution in [1.82, 2.24) is 10.2 Å². The number of hydrogen-bond acceptors (Lipinski definition) is 4. The molecular weight excluding hydrogens is 578 g/mol. The second kappa shape index (κ2) is 10.9. The van der Waals surface area contributed by atoms with Crippen LogP contribution < -0.4 is 9.62 Å². The molecule has 7 nitrogen and oxygen atoms in total. The number of rotatable bonds is 9. The Bertz CT molecular complexity index is 1310. The normalized spacial score (nSPS) is 26.2. The highest BCUT2D eigenvalue weighted by Gasteiger charge is 2.51. The molecular formula is C30H38BrN3O4S. The summed E-state index contributed by atoms with van der Waals surface area (Å²) in [7, 11) is -2.24. The van der Waals surface area contributed by atoms with E-state index in [-0.39, 0.29) is 24.4 Å². The number of amides is 2. The lowest BCUT2D eigenvalue weighted by molar-refractivity contribution is -0.139. The maximum Gasteiger partial charge on any atom is 0.244 e. The third-order valence-electron chi connectivity index (χ3n) is 9.14. The molecule has 2 aromatic rings. The van der Waals surface area contributed by atoms with E-state index in [0.717, 1.165) is 38.4 Å². The molecule has 1 atom stereocenters. The van der Waals surface area contributed by atoms with Crippen molar-refractivity contribution >= 4 is 43.5 Å². The van der Waals surface area contributed by atoms with Crippen molar-refractivity contribution in [3.63, 3.8) is 0 Å². The minimum absolute atomic E-state index is 0.176. The molecule has 4 saturated carbocycles. The van der Waals surface area contributed by atoms with Gasteiger partial charge in [0, 0.05) is 18.1 Å². The third kappa shape index (κ3) is 5.89. The molecule has 1 N–H and O–H groups in total. The summed E-state index contributed by atoms with van der Waals surface area (Å²) < 4.78 is 27.9. The fourth-order valence-corrected chi connectivity index (χ4v) is 8.98. The van der Waals surface area contributed by atoms with Gasteiger partial charge in [-0.2, -0.15) is 0 Å². The largest absolute Gasteiger partial charge is 0.357 e. The minimum atomic E-state index is -3.76. The van der Waals surface area contributed by atoms with Gasteiger partial charge in [-0.1, -0.05) is 40.2 Å². The second-order valence-corrected chi connectivity index (χ2v) is 14.8. The zero-order valence-corrected chi connectivity index (χ0v) is 25.3. The third-order valence-corrected chi connectivity index (χ3v) is 10.8. The molecule has 4 aliphatic carbocycles. The minimum Gasteiger partial charge on any atom is -0.357 e. The number of halogens is 1. The van der Waals surface area contributed by atoms with Crippen molar-refractivity contribution in [1.29, 1.82) is 0 Å². The maximum atomic E-state index is 13.6. The van der Waals surface area contributed by atoms with Crippen LogP contribution in [0.3, 0.4) is 0 Å². The smallest absolute Gasteiger partial charge is 0.244 e. The lowest BCUT2D eigenvalue weighted by atomic mass is 9.48. The number of likely N-dealkylation sites (N-methyl/N-ethyl adjacent to an activating group) is 1. The molecule has 0 heterocycles. The molecule has 2 amide bonds. The van der Waals surface area contributed by atoms with Crippen molar-refractivity contribution in [3.8, 4) is 0 Å². The Morgan fingerprint density at radius 2 is 1.62 bits per heavy atom. The second-order valence-electron chi connectivity index (χ2n) is 12.0. The van der Waals surface area contributed by atoms with Crippen LogP contribution in [0.25, 0.3) is 0 Å². The number of anilines is 1. The van der Waals surface area contributed by atoms with Crippen LogP contribution in [0.1, 0.15) is 56.6 Å². The Morgan fingerprint density at radius 3 is 2.13 bits per heavy atom. The number of sulfonamides is 1. The topological polar surface area (TPSA) is 86.8 Å². The predicted molar refractivity (Wildman–Crippen MR) is 157 cm³/mol. The van der Waals surface area contributed by atoms with Gasteiger partial charge in [0.15, 0.2) is 0 Å². The van der Waals surface area contributed by atoms with Gasteiger partial charge in [0.1, 0.15) is 12.6 Å². The van der Waals surface area contributed by atoms with E-state index < -0.39 is 22.0 Å². The number of nitrogens with one attached hydrogen (secondary N) is 1. The Kier molecular flexibility index (Phi) is 7.85. The number of nitrogens with zero attached hydrogens (tertiary/aromatic N) is 2. The number of benzene rings is 2. The first-order chi connectivity index (χ1) is 18.5. The summed E-state index contributed by atoms with van der Waals surface area (Å²) in [5.74, 6) is 1.70. The zero-order chi connectivity index (χ0) is 27.9. The molecule has 9 heteroatoms. The van der Waals surface area contributed by atoms with E-state index in [0.29, 0.717) is 5.69 Å². The first-order valence-corrected chi connectivity index (χ1v) is 16.5. The van der Waals surface area contributed by atoms with Crippen LogP contribution in [0.5, 0.6) is 0 Å². The average molecular weight is 617 g/mol. The van der Waals surface area contributed by atoms with E-state index in [2.05, 4.69) is 33.4 Å². The lowest BCUT2D eigenvalue weighted by Gasteiger charge is -2.57. The number of carbonyl (C=O) groups excluding carboxylic acids is 2. The SMILES string of the molecule is CNC(=O)C(C)N(Cc1cccc(Br)c1)C(=O)CN(c1ccc(C23CC4CC(CC(C4)C2)C3)cc1)S(C)(=O)=O. The van der Waals surface area contributed by atoms with E-state index >= 15 is 0 Å². The first kappa shape index (κ1) is 28.1. The molecule has 39 heavy (non-hydrogen) atoms. The van der Waals surface area contributed by atoms with Gasteiger partial charge >= 0.3 is 0 Å². The molecule has 4 aliphatic rings. The molecule has 1 unspecified atom stereocenters. The van der Waals surface area contributed by atoms with E-state index in [4.69, 9.17) is 0 Å². The van der Waals surface area contributed by atoms with E-state index in [1.54, 1.807) is 6.92 Å². The Balaban J connectivity index is 1.39. The van der Waals surface area contributed by atoms with Crippen molar-refractivity contribution in [3.05, 3.63) is 64.1 Å². The van der Waals surface area contributed by atoms with Crippen LogP contribution in [-0.4, -0.2) is 51.0 Å². The molecule has 4 fully saturated rings. The molecule has 0 spiro atoms. The van der Waals surface area contributed by atoms with Crippen molar-refractivity contribution < 1.29 is 18.0 Å². The summed E-state index contributed by atoms with van der Waals surface area (Å²) in [5, 5.41) is 2.60. The molecule has 0 aromatic heterocycles. The Hall–Kier alpha value is -2.39. The highest BCUT2D eigenvalue weighted by Crippen LogP contribution is 2.60. The van der Waals surface area contributed by atoms with Crippen LogP contribution in [0, 0.1) is 17.8 Å². The van der Waals surface area contributed by atoms with Crippen LogP contribution in [-0.2, 0) is 31.6 Å². The summed E-state index contributed by atoms with van der Waals surface area (Å²) in [6, 6.07) is 14.6. The van der Waals surface area contributed by atoms with Gasteiger partial charge in [-0.05, 0) is 104 Å². The molecule has 210 valence electrons. The average Bonchev–Trinajstić information content (AvgIpc) is 2.88. The van der Waals surface area contributed by atoms with Gasteiger partial charge in [-0.15, -0.1) is 0 Å². The molecule has 6 rings (SSSR count). The highest BCUT2D eigenvalue weighted by atomic mass is 79.9. The fourth-order valence-electron chi connectivity index (χ4n) is 7.68. The number of carbonyl (C=O) groups is 2. The van der Waals surface area contributed by atoms with Gasteiger partial charge in [0.25, 0.3) is 0 Å². The van der Waals surface area contributed by atoms with Crippen molar-refractivity contribution in [2.45, 2.75) is 63.5 Å². The van der Waals surface area contributed by atoms with Crippen LogP contribution in [0.2, 0.25) is 0 Å². The zero-order valence-electron chi connectivity index (χ0n) is 22.9. The molecule has 4 bridgehead atoms. The van der Waals surface area contributed by atoms with Crippen LogP contribution in [0.15, 0.2) is 53.0 Å². The standard InChI is InChI=1S/C30H38BrN3O4S/c1-20(29(36)32-2)33(18-21-5-4-6-26(31)14-21)28(35)19-34(39(3,37)38)27-9-7-25(8-10-27)30-15-22-11-23(16-30)13-24(12-22)17-30/h4-10,14,20,22-24H,11-13,15-19H2,1-3H3,(H,32,36). The Morgan fingerprint density at radius 1 is 1.03 bits per heavy atom. The molecule has 0 saturated heterocycles. The number of hydrogen-bond donors (Lipinski definition) is 1. The van der Waals surface area contributed by atoms with Gasteiger partial charge in [0.05, 0.1) is 11.9 Å². The monoisotopic (exact) mass is 615 g/mol. The lowest BCUT2D eigenvalue weighted by Crippen LogP contribution is -2.50. The van der Waals surface area contributed by atoms with Gasteiger partial charge in [-0.25, -0.2) is 8.42 Å². The first-order valence-electron chi connectivity index (χ1n) is 13.8. The summed E-state index contributed by atoms with van der Waals surface area (Å²) in [6.07, 6.45) is 8.91. The van der Waals surface area contributed by atoms with Gasteiger partial charge in [-0.3, -0.25) is 13.9 Å². The summed E-state index contributed by atoms with van der Waals surface area (Å²) >= 11 is 3.45. The molecule has 0 radical (unpaired) electrons.